The first kappa shape index (κ1) is 20.5. The Morgan fingerprint density at radius 1 is 1.23 bits per heavy atom. The van der Waals surface area contributed by atoms with Crippen LogP contribution in [0.5, 0.6) is 11.5 Å². The van der Waals surface area contributed by atoms with Crippen LogP contribution in [0.2, 0.25) is 0 Å². The van der Waals surface area contributed by atoms with Crippen molar-refractivity contribution in [1.29, 1.82) is 0 Å². The third-order valence-corrected chi connectivity index (χ3v) is 5.81. The number of allylic oxidation sites excluding steroid dienone is 2. The highest BCUT2D eigenvalue weighted by molar-refractivity contribution is 6.06. The van der Waals surface area contributed by atoms with Gasteiger partial charge in [-0.2, -0.15) is 10.1 Å². The Morgan fingerprint density at radius 2 is 1.87 bits per heavy atom. The summed E-state index contributed by atoms with van der Waals surface area (Å²) in [6.07, 6.45) is 5.95. The van der Waals surface area contributed by atoms with Crippen LogP contribution >= 0.6 is 0 Å². The van der Waals surface area contributed by atoms with Crippen LogP contribution in [-0.2, 0) is 19.1 Å². The van der Waals surface area contributed by atoms with Gasteiger partial charge in [0.25, 0.3) is 11.8 Å². The van der Waals surface area contributed by atoms with Crippen LogP contribution < -0.4 is 9.47 Å². The molecule has 1 aromatic rings. The molecule has 4 rings (SSSR count). The zero-order valence-electron chi connectivity index (χ0n) is 16.7. The Hall–Kier alpha value is -3.76. The van der Waals surface area contributed by atoms with E-state index < -0.39 is 35.0 Å². The monoisotopic (exact) mass is 429 g/mol. The molecule has 31 heavy (non-hydrogen) atoms. The van der Waals surface area contributed by atoms with E-state index in [0.717, 1.165) is 24.6 Å². The number of amides is 2. The molecule has 1 aliphatic heterocycles. The third-order valence-electron chi connectivity index (χ3n) is 5.81. The van der Waals surface area contributed by atoms with E-state index in [4.69, 9.17) is 9.47 Å². The molecule has 1 saturated carbocycles. The SMILES string of the molecule is COC(=O)COc1c(OC)cc(C=NN2C(=O)C3C4C=CC(C4)C3C2=O)cc1[N+](=O)[O-]. The van der Waals surface area contributed by atoms with E-state index in [1.54, 1.807) is 0 Å². The normalized spacial score (nSPS) is 25.9. The smallest absolute Gasteiger partial charge is 0.343 e. The number of nitrogens with zero attached hydrogens (tertiary/aromatic N) is 3. The molecule has 11 nitrogen and oxygen atoms in total. The lowest BCUT2D eigenvalue weighted by molar-refractivity contribution is -0.385. The number of ether oxygens (including phenoxy) is 3. The highest BCUT2D eigenvalue weighted by Crippen LogP contribution is 2.52. The number of rotatable bonds is 7. The Balaban J connectivity index is 1.60. The maximum Gasteiger partial charge on any atom is 0.343 e. The van der Waals surface area contributed by atoms with E-state index >= 15 is 0 Å². The second-order valence-electron chi connectivity index (χ2n) is 7.43. The summed E-state index contributed by atoms with van der Waals surface area (Å²) in [4.78, 5) is 47.5. The van der Waals surface area contributed by atoms with Crippen molar-refractivity contribution in [2.24, 2.45) is 28.8 Å². The molecular formula is C20H19N3O8. The fraction of sp³-hybridized carbons (Fsp3) is 0.400. The lowest BCUT2D eigenvalue weighted by Gasteiger charge is -2.13. The molecule has 0 aromatic heterocycles. The van der Waals surface area contributed by atoms with Crippen molar-refractivity contribution in [3.05, 3.63) is 40.0 Å². The van der Waals surface area contributed by atoms with Crippen molar-refractivity contribution in [3.63, 3.8) is 0 Å². The maximum absolute atomic E-state index is 12.7. The molecule has 11 heteroatoms. The maximum atomic E-state index is 12.7. The number of nitro benzene ring substituents is 1. The van der Waals surface area contributed by atoms with Gasteiger partial charge in [0.05, 0.1) is 37.2 Å². The molecule has 1 heterocycles. The quantitative estimate of drug-likeness (QED) is 0.158. The molecule has 2 amide bonds. The van der Waals surface area contributed by atoms with Crippen molar-refractivity contribution in [2.45, 2.75) is 6.42 Å². The lowest BCUT2D eigenvalue weighted by atomic mass is 9.85. The number of imide groups is 1. The minimum atomic E-state index is -0.720. The molecule has 1 aromatic carbocycles. The Labute approximate surface area is 176 Å². The number of fused-ring (bicyclic) bond motifs is 5. The first-order valence-electron chi connectivity index (χ1n) is 9.51. The van der Waals surface area contributed by atoms with E-state index in [1.165, 1.54) is 19.4 Å². The first-order chi connectivity index (χ1) is 14.8. The molecular weight excluding hydrogens is 410 g/mol. The molecule has 2 bridgehead atoms. The average Bonchev–Trinajstić information content (AvgIpc) is 3.44. The third kappa shape index (κ3) is 3.41. The van der Waals surface area contributed by atoms with Crippen LogP contribution in [0.4, 0.5) is 5.69 Å². The Bertz CT molecular complexity index is 1000. The van der Waals surface area contributed by atoms with Gasteiger partial charge in [-0.25, -0.2) is 4.79 Å². The second kappa shape index (κ2) is 7.82. The highest BCUT2D eigenvalue weighted by atomic mass is 16.6. The number of benzene rings is 1. The molecule has 0 spiro atoms. The highest BCUT2D eigenvalue weighted by Gasteiger charge is 2.59. The predicted octanol–water partition coefficient (Wildman–Crippen LogP) is 1.30. The predicted molar refractivity (Wildman–Crippen MR) is 104 cm³/mol. The van der Waals surface area contributed by atoms with Crippen LogP contribution in [-0.4, -0.2) is 54.8 Å². The van der Waals surface area contributed by atoms with Gasteiger partial charge in [-0.15, -0.1) is 0 Å². The van der Waals surface area contributed by atoms with Gasteiger partial charge in [-0.05, 0) is 24.3 Å². The summed E-state index contributed by atoms with van der Waals surface area (Å²) in [5, 5.41) is 16.4. The molecule has 3 aliphatic rings. The van der Waals surface area contributed by atoms with Crippen LogP contribution in [0.3, 0.4) is 0 Å². The number of carbonyl (C=O) groups is 3. The Morgan fingerprint density at radius 3 is 2.42 bits per heavy atom. The van der Waals surface area contributed by atoms with E-state index in [9.17, 15) is 24.5 Å². The van der Waals surface area contributed by atoms with Crippen molar-refractivity contribution < 1.29 is 33.5 Å². The molecule has 162 valence electrons. The first-order valence-corrected chi connectivity index (χ1v) is 9.51. The molecule has 1 saturated heterocycles. The van der Waals surface area contributed by atoms with E-state index in [-0.39, 0.29) is 40.7 Å². The molecule has 4 unspecified atom stereocenters. The van der Waals surface area contributed by atoms with E-state index in [2.05, 4.69) is 9.84 Å². The van der Waals surface area contributed by atoms with E-state index in [1.807, 2.05) is 12.2 Å². The van der Waals surface area contributed by atoms with Crippen LogP contribution in [0.25, 0.3) is 0 Å². The van der Waals surface area contributed by atoms with Crippen LogP contribution in [0, 0.1) is 33.8 Å². The topological polar surface area (TPSA) is 138 Å². The van der Waals surface area contributed by atoms with Crippen molar-refractivity contribution in [2.75, 3.05) is 20.8 Å². The summed E-state index contributed by atoms with van der Waals surface area (Å²) in [5.41, 5.74) is -0.254. The Kier molecular flexibility index (Phi) is 5.17. The van der Waals surface area contributed by atoms with Crippen molar-refractivity contribution in [3.8, 4) is 11.5 Å². The van der Waals surface area contributed by atoms with Crippen LogP contribution in [0.1, 0.15) is 12.0 Å². The summed E-state index contributed by atoms with van der Waals surface area (Å²) < 4.78 is 14.8. The summed E-state index contributed by atoms with van der Waals surface area (Å²) in [5.74, 6) is -2.38. The van der Waals surface area contributed by atoms with Gasteiger partial charge >= 0.3 is 11.7 Å². The van der Waals surface area contributed by atoms with Gasteiger partial charge in [0.2, 0.25) is 5.75 Å². The minimum Gasteiger partial charge on any atom is -0.493 e. The van der Waals surface area contributed by atoms with Gasteiger partial charge < -0.3 is 14.2 Å². The summed E-state index contributed by atoms with van der Waals surface area (Å²) in [6.45, 7) is -0.545. The zero-order valence-corrected chi connectivity index (χ0v) is 16.7. The lowest BCUT2D eigenvalue weighted by Crippen LogP contribution is -2.28. The number of methoxy groups -OCH3 is 2. The van der Waals surface area contributed by atoms with Crippen molar-refractivity contribution >= 4 is 29.7 Å². The number of hydrogen-bond acceptors (Lipinski definition) is 9. The largest absolute Gasteiger partial charge is 0.493 e. The zero-order chi connectivity index (χ0) is 22.3. The molecule has 0 radical (unpaired) electrons. The number of hydrazone groups is 1. The number of esters is 1. The van der Waals surface area contributed by atoms with Crippen molar-refractivity contribution in [1.82, 2.24) is 5.01 Å². The van der Waals surface area contributed by atoms with Gasteiger partial charge in [0.1, 0.15) is 0 Å². The molecule has 2 fully saturated rings. The van der Waals surface area contributed by atoms with Gasteiger partial charge in [-0.3, -0.25) is 19.7 Å². The van der Waals surface area contributed by atoms with Gasteiger partial charge in [-0.1, -0.05) is 12.2 Å². The summed E-state index contributed by atoms with van der Waals surface area (Å²) >= 11 is 0. The average molecular weight is 429 g/mol. The second-order valence-corrected chi connectivity index (χ2v) is 7.43. The molecule has 4 atom stereocenters. The number of nitro groups is 1. The van der Waals surface area contributed by atoms with Gasteiger partial charge in [0.15, 0.2) is 12.4 Å². The summed E-state index contributed by atoms with van der Waals surface area (Å²) in [7, 11) is 2.44. The molecule has 2 aliphatic carbocycles. The van der Waals surface area contributed by atoms with E-state index in [0.29, 0.717) is 0 Å². The fourth-order valence-corrected chi connectivity index (χ4v) is 4.43. The number of hydrogen-bond donors (Lipinski definition) is 0. The van der Waals surface area contributed by atoms with Crippen LogP contribution in [0.15, 0.2) is 29.4 Å². The fourth-order valence-electron chi connectivity index (χ4n) is 4.43. The van der Waals surface area contributed by atoms with Gasteiger partial charge in [0, 0.05) is 11.6 Å². The summed E-state index contributed by atoms with van der Waals surface area (Å²) in [6, 6.07) is 2.54. The minimum absolute atomic E-state index is 0.0160. The molecule has 0 N–H and O–H groups in total. The number of carbonyl (C=O) groups excluding carboxylic acids is 3. The standard InChI is InChI=1S/C20H19N3O8/c1-29-14-6-10(5-13(23(27)28)18(14)31-9-15(24)30-2)8-21-22-19(25)16-11-3-4-12(7-11)17(16)20(22)26/h3-6,8,11-12,16-17H,7,9H2,1-2H3.